The van der Waals surface area contributed by atoms with E-state index in [9.17, 15) is 0 Å². The number of hydrogen-bond donors (Lipinski definition) is 0. The predicted octanol–water partition coefficient (Wildman–Crippen LogP) is 7.38. The molecule has 2 nitrogen and oxygen atoms in total. The molecule has 0 saturated carbocycles. The Kier molecular flexibility index (Phi) is 6.67. The molecule has 132 valence electrons. The maximum absolute atomic E-state index is 5.52. The largest absolute Gasteiger partial charge is 0.373 e. The lowest BCUT2D eigenvalue weighted by Gasteiger charge is -2.25. The van der Waals surface area contributed by atoms with Gasteiger partial charge in [0, 0.05) is 26.0 Å². The van der Waals surface area contributed by atoms with Crippen LogP contribution in [0, 0.1) is 0 Å². The van der Waals surface area contributed by atoms with Crippen LogP contribution in [0.3, 0.4) is 0 Å². The van der Waals surface area contributed by atoms with Crippen LogP contribution in [0.1, 0.15) is 5.56 Å². The van der Waals surface area contributed by atoms with Gasteiger partial charge in [0.15, 0.2) is 0 Å². The third kappa shape index (κ3) is 4.85. The van der Waals surface area contributed by atoms with Crippen molar-refractivity contribution >= 4 is 48.9 Å². The first kappa shape index (κ1) is 18.9. The molecule has 0 bridgehead atoms. The normalized spacial score (nSPS) is 10.5. The van der Waals surface area contributed by atoms with E-state index in [0.29, 0.717) is 13.2 Å². The molecular weight excluding hydrogens is 454 g/mol. The molecule has 0 aliphatic heterocycles. The molecule has 0 N–H and O–H groups in total. The van der Waals surface area contributed by atoms with Gasteiger partial charge in [-0.3, -0.25) is 0 Å². The number of ether oxygens (including phenoxy) is 1. The molecule has 0 saturated heterocycles. The number of rotatable bonds is 7. The third-order valence-electron chi connectivity index (χ3n) is 3.87. The Balaban J connectivity index is 1.93. The first-order chi connectivity index (χ1) is 12.7. The molecule has 0 heterocycles. The first-order valence-corrected chi connectivity index (χ1v) is 9.85. The van der Waals surface area contributed by atoms with Crippen molar-refractivity contribution < 1.29 is 4.74 Å². The molecule has 0 aliphatic rings. The number of hydrogen-bond acceptors (Lipinski definition) is 2. The molecule has 26 heavy (non-hydrogen) atoms. The maximum Gasteiger partial charge on any atom is 0.0721 e. The van der Waals surface area contributed by atoms with Gasteiger partial charge in [-0.15, -0.1) is 6.58 Å². The molecule has 3 rings (SSSR count). The van der Waals surface area contributed by atoms with Crippen molar-refractivity contribution in [1.29, 1.82) is 0 Å². The van der Waals surface area contributed by atoms with Crippen LogP contribution in [0.4, 0.5) is 17.1 Å². The lowest BCUT2D eigenvalue weighted by atomic mass is 10.1. The molecule has 3 aromatic rings. The number of halogens is 2. The summed E-state index contributed by atoms with van der Waals surface area (Å²) in [7, 11) is 0. The third-order valence-corrected chi connectivity index (χ3v) is 4.93. The highest BCUT2D eigenvalue weighted by molar-refractivity contribution is 9.10. The van der Waals surface area contributed by atoms with E-state index in [-0.39, 0.29) is 0 Å². The standard InChI is InChI=1S/C22H19Br2NO/c1-2-15-26-16-17-3-9-20(10-4-17)25(21-11-5-18(23)6-12-21)22-13-7-19(24)8-14-22/h2-14H,1,15-16H2. The van der Waals surface area contributed by atoms with Gasteiger partial charge in [-0.05, 0) is 66.2 Å². The van der Waals surface area contributed by atoms with Crippen LogP contribution in [0.5, 0.6) is 0 Å². The summed E-state index contributed by atoms with van der Waals surface area (Å²) in [5.41, 5.74) is 4.45. The number of benzene rings is 3. The lowest BCUT2D eigenvalue weighted by molar-refractivity contribution is 0.149. The van der Waals surface area contributed by atoms with Gasteiger partial charge >= 0.3 is 0 Å². The predicted molar refractivity (Wildman–Crippen MR) is 116 cm³/mol. The molecule has 3 aromatic carbocycles. The zero-order valence-electron chi connectivity index (χ0n) is 14.2. The molecular formula is C22H19Br2NO. The minimum atomic E-state index is 0.561. The average Bonchev–Trinajstić information content (AvgIpc) is 2.66. The lowest BCUT2D eigenvalue weighted by Crippen LogP contribution is -2.09. The van der Waals surface area contributed by atoms with Gasteiger partial charge in [0.05, 0.1) is 13.2 Å². The Bertz CT molecular complexity index is 797. The van der Waals surface area contributed by atoms with Gasteiger partial charge in [-0.2, -0.15) is 0 Å². The van der Waals surface area contributed by atoms with Gasteiger partial charge in [-0.25, -0.2) is 0 Å². The monoisotopic (exact) mass is 471 g/mol. The summed E-state index contributed by atoms with van der Waals surface area (Å²) in [6, 6.07) is 25.1. The molecule has 4 heteroatoms. The molecule has 0 amide bonds. The van der Waals surface area contributed by atoms with Gasteiger partial charge < -0.3 is 9.64 Å². The van der Waals surface area contributed by atoms with Crippen molar-refractivity contribution in [1.82, 2.24) is 0 Å². The van der Waals surface area contributed by atoms with E-state index in [2.05, 4.69) is 116 Å². The SMILES string of the molecule is C=CCOCc1ccc(N(c2ccc(Br)cc2)c2ccc(Br)cc2)cc1. The quantitative estimate of drug-likeness (QED) is 0.262. The van der Waals surface area contributed by atoms with E-state index in [0.717, 1.165) is 31.6 Å². The van der Waals surface area contributed by atoms with Crippen molar-refractivity contribution in [2.24, 2.45) is 0 Å². The van der Waals surface area contributed by atoms with Crippen LogP contribution in [-0.2, 0) is 11.3 Å². The van der Waals surface area contributed by atoms with Gasteiger partial charge in [0.1, 0.15) is 0 Å². The fraction of sp³-hybridized carbons (Fsp3) is 0.0909. The average molecular weight is 473 g/mol. The minimum Gasteiger partial charge on any atom is -0.373 e. The van der Waals surface area contributed by atoms with Crippen molar-refractivity contribution in [3.05, 3.63) is 100.0 Å². The fourth-order valence-corrected chi connectivity index (χ4v) is 3.16. The van der Waals surface area contributed by atoms with Crippen LogP contribution in [0.15, 0.2) is 94.4 Å². The molecule has 0 aromatic heterocycles. The van der Waals surface area contributed by atoms with Crippen molar-refractivity contribution in [2.45, 2.75) is 6.61 Å². The van der Waals surface area contributed by atoms with E-state index < -0.39 is 0 Å². The zero-order valence-corrected chi connectivity index (χ0v) is 17.4. The Hall–Kier alpha value is -1.88. The molecule has 0 unspecified atom stereocenters. The summed E-state index contributed by atoms with van der Waals surface area (Å²) >= 11 is 7.02. The first-order valence-electron chi connectivity index (χ1n) is 8.26. The van der Waals surface area contributed by atoms with Gasteiger partial charge in [0.25, 0.3) is 0 Å². The second-order valence-electron chi connectivity index (χ2n) is 5.76. The Morgan fingerprint density at radius 3 is 1.58 bits per heavy atom. The molecule has 0 radical (unpaired) electrons. The van der Waals surface area contributed by atoms with E-state index in [1.165, 1.54) is 0 Å². The second kappa shape index (κ2) is 9.17. The Morgan fingerprint density at radius 1 is 0.731 bits per heavy atom. The summed E-state index contributed by atoms with van der Waals surface area (Å²) < 4.78 is 7.65. The Morgan fingerprint density at radius 2 is 1.15 bits per heavy atom. The van der Waals surface area contributed by atoms with Gasteiger partial charge in [-0.1, -0.05) is 50.1 Å². The number of anilines is 3. The number of nitrogens with zero attached hydrogens (tertiary/aromatic N) is 1. The summed E-state index contributed by atoms with van der Waals surface area (Å²) in [6.07, 6.45) is 1.76. The van der Waals surface area contributed by atoms with E-state index >= 15 is 0 Å². The van der Waals surface area contributed by atoms with Crippen LogP contribution >= 0.6 is 31.9 Å². The van der Waals surface area contributed by atoms with E-state index in [1.54, 1.807) is 6.08 Å². The molecule has 0 fully saturated rings. The summed E-state index contributed by atoms with van der Waals surface area (Å²) in [5, 5.41) is 0. The van der Waals surface area contributed by atoms with Crippen molar-refractivity contribution in [2.75, 3.05) is 11.5 Å². The van der Waals surface area contributed by atoms with Crippen LogP contribution in [0.25, 0.3) is 0 Å². The highest BCUT2D eigenvalue weighted by atomic mass is 79.9. The van der Waals surface area contributed by atoms with Crippen LogP contribution < -0.4 is 4.90 Å². The van der Waals surface area contributed by atoms with E-state index in [1.807, 2.05) is 0 Å². The molecule has 0 atom stereocenters. The molecule has 0 aliphatic carbocycles. The van der Waals surface area contributed by atoms with Crippen molar-refractivity contribution in [3.63, 3.8) is 0 Å². The minimum absolute atomic E-state index is 0.561. The topological polar surface area (TPSA) is 12.5 Å². The highest BCUT2D eigenvalue weighted by Crippen LogP contribution is 2.35. The van der Waals surface area contributed by atoms with Crippen LogP contribution in [0.2, 0.25) is 0 Å². The Labute approximate surface area is 171 Å². The maximum atomic E-state index is 5.52. The molecule has 0 spiro atoms. The summed E-state index contributed by atoms with van der Waals surface area (Å²) in [6.45, 7) is 4.82. The smallest absolute Gasteiger partial charge is 0.0721 e. The van der Waals surface area contributed by atoms with Crippen molar-refractivity contribution in [3.8, 4) is 0 Å². The summed E-state index contributed by atoms with van der Waals surface area (Å²) in [5.74, 6) is 0. The van der Waals surface area contributed by atoms with Crippen LogP contribution in [-0.4, -0.2) is 6.61 Å². The summed E-state index contributed by atoms with van der Waals surface area (Å²) in [4.78, 5) is 2.23. The van der Waals surface area contributed by atoms with Gasteiger partial charge in [0.2, 0.25) is 0 Å². The highest BCUT2D eigenvalue weighted by Gasteiger charge is 2.12. The zero-order chi connectivity index (χ0) is 18.4. The fourth-order valence-electron chi connectivity index (χ4n) is 2.63. The van der Waals surface area contributed by atoms with E-state index in [4.69, 9.17) is 4.74 Å². The second-order valence-corrected chi connectivity index (χ2v) is 7.59.